The lowest BCUT2D eigenvalue weighted by Gasteiger charge is -2.19. The van der Waals surface area contributed by atoms with Gasteiger partial charge in [-0.25, -0.2) is 0 Å². The zero-order valence-corrected chi connectivity index (χ0v) is 7.01. The fourth-order valence-corrected chi connectivity index (χ4v) is 1.14. The summed E-state index contributed by atoms with van der Waals surface area (Å²) in [7, 11) is 0. The van der Waals surface area contributed by atoms with Gasteiger partial charge in [-0.3, -0.25) is 0 Å². The molecule has 0 spiro atoms. The maximum Gasteiger partial charge on any atom is 0.0473 e. The highest BCUT2D eigenvalue weighted by atomic mass is 16.3. The lowest BCUT2D eigenvalue weighted by atomic mass is 9.95. The van der Waals surface area contributed by atoms with Crippen LogP contribution < -0.4 is 5.73 Å². The number of hydrogen-bond donors (Lipinski definition) is 2. The van der Waals surface area contributed by atoms with Gasteiger partial charge in [0.1, 0.15) is 0 Å². The number of aliphatic hydroxyl groups excluding tert-OH is 1. The van der Waals surface area contributed by atoms with Gasteiger partial charge in [0.05, 0.1) is 0 Å². The highest BCUT2D eigenvalue weighted by Crippen LogP contribution is 2.09. The predicted octanol–water partition coefficient (Wildman–Crippen LogP) is 1.13. The molecule has 3 N–H and O–H groups in total. The first-order valence-corrected chi connectivity index (χ1v) is 4.12. The zero-order chi connectivity index (χ0) is 7.98. The van der Waals surface area contributed by atoms with Gasteiger partial charge in [-0.1, -0.05) is 20.3 Å². The average molecular weight is 145 g/mol. The first kappa shape index (κ1) is 9.92. The van der Waals surface area contributed by atoms with E-state index in [0.29, 0.717) is 5.92 Å². The van der Waals surface area contributed by atoms with Crippen molar-refractivity contribution in [2.45, 2.75) is 39.2 Å². The van der Waals surface area contributed by atoms with E-state index in [1.54, 1.807) is 0 Å². The summed E-state index contributed by atoms with van der Waals surface area (Å²) in [5.74, 6) is 0.306. The Labute approximate surface area is 63.4 Å². The fourth-order valence-electron chi connectivity index (χ4n) is 1.14. The van der Waals surface area contributed by atoms with E-state index in [4.69, 9.17) is 10.8 Å². The highest BCUT2D eigenvalue weighted by molar-refractivity contribution is 4.69. The van der Waals surface area contributed by atoms with Crippen LogP contribution in [0.25, 0.3) is 0 Å². The molecule has 0 amide bonds. The van der Waals surface area contributed by atoms with Gasteiger partial charge in [0.2, 0.25) is 0 Å². The van der Waals surface area contributed by atoms with E-state index < -0.39 is 0 Å². The van der Waals surface area contributed by atoms with Gasteiger partial charge in [-0.15, -0.1) is 0 Å². The van der Waals surface area contributed by atoms with Crippen LogP contribution in [0.15, 0.2) is 0 Å². The van der Waals surface area contributed by atoms with Crippen molar-refractivity contribution >= 4 is 0 Å². The van der Waals surface area contributed by atoms with Crippen LogP contribution in [-0.4, -0.2) is 17.8 Å². The minimum atomic E-state index is 0.194. The lowest BCUT2D eigenvalue weighted by molar-refractivity contribution is 0.196. The van der Waals surface area contributed by atoms with Crippen LogP contribution in [0.3, 0.4) is 0 Å². The molecule has 2 heteroatoms. The summed E-state index contributed by atoms with van der Waals surface area (Å²) in [6, 6.07) is 0.194. The van der Waals surface area contributed by atoms with E-state index in [1.165, 1.54) is 0 Å². The van der Waals surface area contributed by atoms with E-state index in [1.807, 2.05) is 0 Å². The summed E-state index contributed by atoms with van der Waals surface area (Å²) in [4.78, 5) is 0. The van der Waals surface area contributed by atoms with Gasteiger partial charge < -0.3 is 10.8 Å². The molecule has 0 aromatic heterocycles. The van der Waals surface area contributed by atoms with Crippen molar-refractivity contribution in [2.75, 3.05) is 6.61 Å². The molecule has 2 nitrogen and oxygen atoms in total. The molecule has 0 aromatic rings. The summed E-state index contributed by atoms with van der Waals surface area (Å²) in [6.07, 6.45) is 3.12. The van der Waals surface area contributed by atoms with Crippen LogP contribution in [0.4, 0.5) is 0 Å². The molecule has 0 radical (unpaired) electrons. The van der Waals surface area contributed by atoms with Crippen molar-refractivity contribution in [3.05, 3.63) is 0 Å². The molecular formula is C8H19NO. The highest BCUT2D eigenvalue weighted by Gasteiger charge is 2.12. The number of aliphatic hydroxyl groups is 1. The summed E-state index contributed by atoms with van der Waals surface area (Å²) in [5.41, 5.74) is 5.79. The smallest absolute Gasteiger partial charge is 0.0473 e. The second kappa shape index (κ2) is 5.69. The van der Waals surface area contributed by atoms with Crippen molar-refractivity contribution in [3.8, 4) is 0 Å². The molecule has 0 fully saturated rings. The molecule has 0 aliphatic rings. The van der Waals surface area contributed by atoms with Crippen molar-refractivity contribution in [1.82, 2.24) is 0 Å². The van der Waals surface area contributed by atoms with Crippen LogP contribution in [0.2, 0.25) is 0 Å². The van der Waals surface area contributed by atoms with Crippen LogP contribution in [0.1, 0.15) is 33.1 Å². The zero-order valence-electron chi connectivity index (χ0n) is 7.01. The Kier molecular flexibility index (Phi) is 5.64. The predicted molar refractivity (Wildman–Crippen MR) is 43.8 cm³/mol. The van der Waals surface area contributed by atoms with E-state index in [0.717, 1.165) is 19.3 Å². The van der Waals surface area contributed by atoms with E-state index in [-0.39, 0.29) is 12.6 Å². The lowest BCUT2D eigenvalue weighted by Crippen LogP contribution is -2.31. The molecule has 2 unspecified atom stereocenters. The molecule has 62 valence electrons. The maximum atomic E-state index is 8.84. The Morgan fingerprint density at radius 1 is 1.40 bits per heavy atom. The maximum absolute atomic E-state index is 8.84. The molecule has 0 aromatic carbocycles. The summed E-state index contributed by atoms with van der Waals surface area (Å²) in [5, 5.41) is 8.84. The van der Waals surface area contributed by atoms with Crippen molar-refractivity contribution in [1.29, 1.82) is 0 Å². The third-order valence-corrected chi connectivity index (χ3v) is 1.99. The standard InChI is InChI=1S/C8H19NO/c1-3-5-8(9)7(4-2)6-10/h7-8,10H,3-6,9H2,1-2H3. The molecular weight excluding hydrogens is 126 g/mol. The van der Waals surface area contributed by atoms with Crippen molar-refractivity contribution < 1.29 is 5.11 Å². The molecule has 0 rings (SSSR count). The van der Waals surface area contributed by atoms with Gasteiger partial charge >= 0.3 is 0 Å². The molecule has 2 atom stereocenters. The topological polar surface area (TPSA) is 46.2 Å². The molecule has 0 aliphatic heterocycles. The number of rotatable bonds is 5. The first-order valence-electron chi connectivity index (χ1n) is 4.12. The summed E-state index contributed by atoms with van der Waals surface area (Å²) in [6.45, 7) is 4.41. The quantitative estimate of drug-likeness (QED) is 0.609. The van der Waals surface area contributed by atoms with Gasteiger partial charge in [0.15, 0.2) is 0 Å². The average Bonchev–Trinajstić information content (AvgIpc) is 1.91. The van der Waals surface area contributed by atoms with Crippen LogP contribution in [0, 0.1) is 5.92 Å². The van der Waals surface area contributed by atoms with Gasteiger partial charge in [0, 0.05) is 12.6 Å². The molecule has 0 saturated heterocycles. The molecule has 10 heavy (non-hydrogen) atoms. The van der Waals surface area contributed by atoms with Gasteiger partial charge in [0.25, 0.3) is 0 Å². The van der Waals surface area contributed by atoms with Crippen LogP contribution in [0.5, 0.6) is 0 Å². The minimum Gasteiger partial charge on any atom is -0.396 e. The SMILES string of the molecule is CCCC(N)C(CC)CO. The Bertz CT molecular complexity index is 71.7. The van der Waals surface area contributed by atoms with E-state index in [9.17, 15) is 0 Å². The Hall–Kier alpha value is -0.0800. The molecule has 0 aliphatic carbocycles. The first-order chi connectivity index (χ1) is 4.76. The second-order valence-corrected chi connectivity index (χ2v) is 2.80. The summed E-state index contributed by atoms with van der Waals surface area (Å²) >= 11 is 0. The van der Waals surface area contributed by atoms with Crippen LogP contribution >= 0.6 is 0 Å². The fraction of sp³-hybridized carbons (Fsp3) is 1.00. The molecule has 0 saturated carbocycles. The van der Waals surface area contributed by atoms with Crippen molar-refractivity contribution in [3.63, 3.8) is 0 Å². The Morgan fingerprint density at radius 3 is 2.30 bits per heavy atom. The largest absolute Gasteiger partial charge is 0.396 e. The third-order valence-electron chi connectivity index (χ3n) is 1.99. The minimum absolute atomic E-state index is 0.194. The van der Waals surface area contributed by atoms with Crippen molar-refractivity contribution in [2.24, 2.45) is 11.7 Å². The number of hydrogen-bond acceptors (Lipinski definition) is 2. The normalized spacial score (nSPS) is 16.8. The Balaban J connectivity index is 3.53. The second-order valence-electron chi connectivity index (χ2n) is 2.80. The van der Waals surface area contributed by atoms with E-state index in [2.05, 4.69) is 13.8 Å². The summed E-state index contributed by atoms with van der Waals surface area (Å²) < 4.78 is 0. The monoisotopic (exact) mass is 145 g/mol. The Morgan fingerprint density at radius 2 is 2.00 bits per heavy atom. The van der Waals surface area contributed by atoms with Gasteiger partial charge in [-0.2, -0.15) is 0 Å². The van der Waals surface area contributed by atoms with Crippen LogP contribution in [-0.2, 0) is 0 Å². The van der Waals surface area contributed by atoms with Gasteiger partial charge in [-0.05, 0) is 18.8 Å². The third kappa shape index (κ3) is 3.18. The molecule has 0 heterocycles. The molecule has 0 bridgehead atoms. The van der Waals surface area contributed by atoms with E-state index >= 15 is 0 Å². The number of nitrogens with two attached hydrogens (primary N) is 1.